The number of carbonyl (C=O) groups excluding carboxylic acids is 1. The number of benzene rings is 1. The molecule has 0 aliphatic carbocycles. The normalized spacial score (nSPS) is 15.1. The summed E-state index contributed by atoms with van der Waals surface area (Å²) in [6.45, 7) is 3.14. The summed E-state index contributed by atoms with van der Waals surface area (Å²) in [5, 5.41) is 5.68. The number of hydrogen-bond acceptors (Lipinski definition) is 4. The Labute approximate surface area is 138 Å². The van der Waals surface area contributed by atoms with Crippen LogP contribution in [0.5, 0.6) is 0 Å². The Balaban J connectivity index is 0.00000242. The first-order valence-corrected chi connectivity index (χ1v) is 7.46. The quantitative estimate of drug-likeness (QED) is 0.799. The third kappa shape index (κ3) is 6.75. The van der Waals surface area contributed by atoms with Gasteiger partial charge in [-0.2, -0.15) is 0 Å². The van der Waals surface area contributed by atoms with Gasteiger partial charge in [-0.3, -0.25) is 4.79 Å². The number of hydrogen-bond donors (Lipinski definition) is 2. The lowest BCUT2D eigenvalue weighted by Crippen LogP contribution is -2.31. The molecule has 22 heavy (non-hydrogen) atoms. The summed E-state index contributed by atoms with van der Waals surface area (Å²) in [5.41, 5.74) is 2.25. The zero-order valence-corrected chi connectivity index (χ0v) is 13.8. The number of ether oxygens (including phenoxy) is 2. The highest BCUT2D eigenvalue weighted by Crippen LogP contribution is 2.13. The van der Waals surface area contributed by atoms with Crippen molar-refractivity contribution >= 4 is 18.3 Å². The molecule has 1 aromatic rings. The molecule has 1 aliphatic heterocycles. The monoisotopic (exact) mass is 328 g/mol. The molecule has 0 radical (unpaired) electrons. The van der Waals surface area contributed by atoms with E-state index in [9.17, 15) is 4.79 Å². The van der Waals surface area contributed by atoms with E-state index in [0.29, 0.717) is 25.8 Å². The molecule has 2 rings (SSSR count). The van der Waals surface area contributed by atoms with Crippen LogP contribution in [-0.2, 0) is 27.4 Å². The molecule has 2 N–H and O–H groups in total. The molecule has 0 aromatic heterocycles. The fourth-order valence-electron chi connectivity index (χ4n) is 2.23. The summed E-state index contributed by atoms with van der Waals surface area (Å²) in [6, 6.07) is 8.17. The predicted molar refractivity (Wildman–Crippen MR) is 88.1 cm³/mol. The molecular formula is C16H25ClN2O3. The van der Waals surface area contributed by atoms with Crippen molar-refractivity contribution in [2.24, 2.45) is 0 Å². The number of rotatable bonds is 7. The fraction of sp³-hybridized carbons (Fsp3) is 0.562. The van der Waals surface area contributed by atoms with Gasteiger partial charge in [0.15, 0.2) is 0 Å². The SMILES string of the molecule is CNCC(=O)NCc1ccc(COC2CCOCC2)cc1.Cl. The molecule has 0 spiro atoms. The predicted octanol–water partition coefficient (Wildman–Crippen LogP) is 1.64. The Morgan fingerprint density at radius 2 is 1.86 bits per heavy atom. The van der Waals surface area contributed by atoms with Gasteiger partial charge in [0.2, 0.25) is 5.91 Å². The molecule has 1 fully saturated rings. The van der Waals surface area contributed by atoms with Crippen LogP contribution in [0.3, 0.4) is 0 Å². The number of carbonyl (C=O) groups is 1. The van der Waals surface area contributed by atoms with E-state index in [-0.39, 0.29) is 18.3 Å². The van der Waals surface area contributed by atoms with Crippen LogP contribution in [0.1, 0.15) is 24.0 Å². The second-order valence-corrected chi connectivity index (χ2v) is 5.25. The highest BCUT2D eigenvalue weighted by molar-refractivity contribution is 5.85. The number of likely N-dealkylation sites (N-methyl/N-ethyl adjacent to an activating group) is 1. The summed E-state index contributed by atoms with van der Waals surface area (Å²) in [6.07, 6.45) is 2.28. The highest BCUT2D eigenvalue weighted by Gasteiger charge is 2.13. The Morgan fingerprint density at radius 3 is 2.50 bits per heavy atom. The average molecular weight is 329 g/mol. The van der Waals surface area contributed by atoms with E-state index in [1.54, 1.807) is 7.05 Å². The van der Waals surface area contributed by atoms with Crippen LogP contribution in [0.4, 0.5) is 0 Å². The maximum absolute atomic E-state index is 11.4. The molecule has 0 bridgehead atoms. The largest absolute Gasteiger partial charge is 0.381 e. The van der Waals surface area contributed by atoms with Gasteiger partial charge < -0.3 is 20.1 Å². The maximum Gasteiger partial charge on any atom is 0.234 e. The van der Waals surface area contributed by atoms with Gasteiger partial charge in [0.05, 0.1) is 19.3 Å². The lowest BCUT2D eigenvalue weighted by Gasteiger charge is -2.22. The number of amides is 1. The Morgan fingerprint density at radius 1 is 1.23 bits per heavy atom. The van der Waals surface area contributed by atoms with Gasteiger partial charge in [-0.1, -0.05) is 24.3 Å². The van der Waals surface area contributed by atoms with Crippen LogP contribution in [0.15, 0.2) is 24.3 Å². The van der Waals surface area contributed by atoms with Gasteiger partial charge >= 0.3 is 0 Å². The van der Waals surface area contributed by atoms with Crippen LogP contribution in [0, 0.1) is 0 Å². The molecule has 1 amide bonds. The summed E-state index contributed by atoms with van der Waals surface area (Å²) in [4.78, 5) is 11.4. The van der Waals surface area contributed by atoms with E-state index in [1.165, 1.54) is 0 Å². The van der Waals surface area contributed by atoms with Crippen LogP contribution < -0.4 is 10.6 Å². The van der Waals surface area contributed by atoms with Crippen LogP contribution in [-0.4, -0.2) is 38.8 Å². The Kier molecular flexibility index (Phi) is 9.08. The third-order valence-corrected chi connectivity index (χ3v) is 3.50. The molecular weight excluding hydrogens is 304 g/mol. The molecule has 5 nitrogen and oxygen atoms in total. The van der Waals surface area contributed by atoms with Gasteiger partial charge in [0.1, 0.15) is 0 Å². The van der Waals surface area contributed by atoms with E-state index in [4.69, 9.17) is 9.47 Å². The van der Waals surface area contributed by atoms with Gasteiger partial charge in [0.25, 0.3) is 0 Å². The van der Waals surface area contributed by atoms with Crippen molar-refractivity contribution in [2.75, 3.05) is 26.8 Å². The van der Waals surface area contributed by atoms with Crippen molar-refractivity contribution in [3.05, 3.63) is 35.4 Å². The molecule has 1 heterocycles. The van der Waals surface area contributed by atoms with E-state index in [2.05, 4.69) is 22.8 Å². The second-order valence-electron chi connectivity index (χ2n) is 5.25. The zero-order chi connectivity index (χ0) is 14.9. The fourth-order valence-corrected chi connectivity index (χ4v) is 2.23. The Bertz CT molecular complexity index is 434. The molecule has 0 saturated carbocycles. The minimum atomic E-state index is 0. The molecule has 0 unspecified atom stereocenters. The van der Waals surface area contributed by atoms with Gasteiger partial charge in [0, 0.05) is 19.8 Å². The molecule has 124 valence electrons. The van der Waals surface area contributed by atoms with E-state index in [0.717, 1.165) is 37.2 Å². The van der Waals surface area contributed by atoms with Gasteiger partial charge in [-0.25, -0.2) is 0 Å². The minimum absolute atomic E-state index is 0. The first-order valence-electron chi connectivity index (χ1n) is 7.46. The average Bonchev–Trinajstić information content (AvgIpc) is 2.53. The third-order valence-electron chi connectivity index (χ3n) is 3.50. The Hall–Kier alpha value is -1.14. The number of nitrogens with one attached hydrogen (secondary N) is 2. The van der Waals surface area contributed by atoms with E-state index in [1.807, 2.05) is 12.1 Å². The van der Waals surface area contributed by atoms with Crippen molar-refractivity contribution in [3.8, 4) is 0 Å². The number of halogens is 1. The van der Waals surface area contributed by atoms with Gasteiger partial charge in [-0.15, -0.1) is 12.4 Å². The summed E-state index contributed by atoms with van der Waals surface area (Å²) >= 11 is 0. The van der Waals surface area contributed by atoms with E-state index < -0.39 is 0 Å². The van der Waals surface area contributed by atoms with Crippen LogP contribution in [0.25, 0.3) is 0 Å². The molecule has 0 atom stereocenters. The van der Waals surface area contributed by atoms with Crippen LogP contribution >= 0.6 is 12.4 Å². The zero-order valence-electron chi connectivity index (χ0n) is 13.0. The molecule has 1 aliphatic rings. The minimum Gasteiger partial charge on any atom is -0.381 e. The lowest BCUT2D eigenvalue weighted by atomic mass is 10.1. The van der Waals surface area contributed by atoms with Crippen molar-refractivity contribution < 1.29 is 14.3 Å². The summed E-state index contributed by atoms with van der Waals surface area (Å²) in [5.74, 6) is 0.00410. The van der Waals surface area contributed by atoms with Crippen molar-refractivity contribution in [1.82, 2.24) is 10.6 Å². The van der Waals surface area contributed by atoms with E-state index >= 15 is 0 Å². The summed E-state index contributed by atoms with van der Waals surface area (Å²) < 4.78 is 11.2. The van der Waals surface area contributed by atoms with Crippen molar-refractivity contribution in [2.45, 2.75) is 32.1 Å². The molecule has 1 saturated heterocycles. The van der Waals surface area contributed by atoms with Crippen molar-refractivity contribution in [3.63, 3.8) is 0 Å². The lowest BCUT2D eigenvalue weighted by molar-refractivity contribution is -0.120. The topological polar surface area (TPSA) is 59.6 Å². The standard InChI is InChI=1S/C16H24N2O3.ClH/c1-17-11-16(19)18-10-13-2-4-14(5-3-13)12-21-15-6-8-20-9-7-15;/h2-5,15,17H,6-12H2,1H3,(H,18,19);1H. The first kappa shape index (κ1) is 18.9. The van der Waals surface area contributed by atoms with Gasteiger partial charge in [-0.05, 0) is 31.0 Å². The smallest absolute Gasteiger partial charge is 0.234 e. The molecule has 6 heteroatoms. The second kappa shape index (κ2) is 10.6. The maximum atomic E-state index is 11.4. The summed E-state index contributed by atoms with van der Waals surface area (Å²) in [7, 11) is 1.76. The first-order chi connectivity index (χ1) is 10.3. The molecule has 1 aromatic carbocycles. The van der Waals surface area contributed by atoms with Crippen molar-refractivity contribution in [1.29, 1.82) is 0 Å². The highest BCUT2D eigenvalue weighted by atomic mass is 35.5. The van der Waals surface area contributed by atoms with Crippen LogP contribution in [0.2, 0.25) is 0 Å².